The first-order chi connectivity index (χ1) is 13.1. The van der Waals surface area contributed by atoms with Crippen LogP contribution in [0.1, 0.15) is 13.3 Å². The van der Waals surface area contributed by atoms with E-state index in [0.717, 1.165) is 6.07 Å². The third-order valence-electron chi connectivity index (χ3n) is 3.68. The third-order valence-corrected chi connectivity index (χ3v) is 5.50. The van der Waals surface area contributed by atoms with Gasteiger partial charge in [-0.3, -0.25) is 0 Å². The van der Waals surface area contributed by atoms with Crippen molar-refractivity contribution >= 4 is 45.5 Å². The number of rotatable bonds is 7. The number of halogens is 4. The zero-order chi connectivity index (χ0) is 20.8. The highest BCUT2D eigenvalue weighted by molar-refractivity contribution is 14.0. The molecule has 0 saturated carbocycles. The molecule has 0 fully saturated rings. The second-order valence-electron chi connectivity index (χ2n) is 5.84. The molecule has 0 saturated heterocycles. The summed E-state index contributed by atoms with van der Waals surface area (Å²) in [7, 11) is -3.59. The molecule has 29 heavy (non-hydrogen) atoms. The normalized spacial score (nSPS) is 13.3. The van der Waals surface area contributed by atoms with Gasteiger partial charge in [-0.15, -0.1) is 37.1 Å². The van der Waals surface area contributed by atoms with Crippen LogP contribution < -0.4 is 15.8 Å². The van der Waals surface area contributed by atoms with Crippen molar-refractivity contribution in [3.05, 3.63) is 54.6 Å². The number of sulfone groups is 1. The molecule has 0 aliphatic carbocycles. The second-order valence-corrected chi connectivity index (χ2v) is 7.87. The lowest BCUT2D eigenvalue weighted by Crippen LogP contribution is -2.28. The molecule has 11 heteroatoms. The molecule has 0 aliphatic heterocycles. The van der Waals surface area contributed by atoms with E-state index in [1.807, 2.05) is 0 Å². The molecule has 1 unspecified atom stereocenters. The Bertz CT molecular complexity index is 923. The SMILES string of the molecule is CCC(CS(=O)(=O)c1ccccc1)N=C(N)Nc1ccccc1OC(F)(F)F.I. The van der Waals surface area contributed by atoms with E-state index in [1.54, 1.807) is 25.1 Å². The number of anilines is 1. The van der Waals surface area contributed by atoms with Gasteiger partial charge < -0.3 is 15.8 Å². The molecular weight excluding hydrogens is 522 g/mol. The Morgan fingerprint density at radius 3 is 2.31 bits per heavy atom. The Labute approximate surface area is 184 Å². The molecule has 0 radical (unpaired) electrons. The van der Waals surface area contributed by atoms with Crippen LogP contribution in [0.3, 0.4) is 0 Å². The molecule has 1 atom stereocenters. The van der Waals surface area contributed by atoms with E-state index in [4.69, 9.17) is 5.73 Å². The third kappa shape index (κ3) is 8.09. The van der Waals surface area contributed by atoms with E-state index in [-0.39, 0.29) is 46.3 Å². The quantitative estimate of drug-likeness (QED) is 0.311. The Morgan fingerprint density at radius 1 is 1.14 bits per heavy atom. The fourth-order valence-corrected chi connectivity index (χ4v) is 3.96. The molecule has 0 spiro atoms. The number of para-hydroxylation sites is 2. The summed E-state index contributed by atoms with van der Waals surface area (Å²) in [6, 6.07) is 12.6. The van der Waals surface area contributed by atoms with Crippen LogP contribution in [0.5, 0.6) is 5.75 Å². The number of ether oxygens (including phenoxy) is 1. The molecule has 6 nitrogen and oxygen atoms in total. The summed E-state index contributed by atoms with van der Waals surface area (Å²) in [4.78, 5) is 4.27. The minimum Gasteiger partial charge on any atom is -0.404 e. The van der Waals surface area contributed by atoms with Gasteiger partial charge in [-0.25, -0.2) is 13.4 Å². The van der Waals surface area contributed by atoms with E-state index in [1.165, 1.54) is 30.3 Å². The van der Waals surface area contributed by atoms with Crippen LogP contribution in [0.4, 0.5) is 18.9 Å². The number of aliphatic imine (C=N–C) groups is 1. The van der Waals surface area contributed by atoms with Crippen molar-refractivity contribution in [3.8, 4) is 5.75 Å². The van der Waals surface area contributed by atoms with Gasteiger partial charge in [0.2, 0.25) is 0 Å². The second kappa shape index (κ2) is 10.7. The lowest BCUT2D eigenvalue weighted by atomic mass is 10.3. The van der Waals surface area contributed by atoms with Gasteiger partial charge in [-0.05, 0) is 30.7 Å². The fourth-order valence-electron chi connectivity index (χ4n) is 2.37. The summed E-state index contributed by atoms with van der Waals surface area (Å²) in [6.07, 6.45) is -4.49. The van der Waals surface area contributed by atoms with Crippen molar-refractivity contribution in [2.24, 2.45) is 10.7 Å². The molecule has 2 aromatic carbocycles. The first-order valence-corrected chi connectivity index (χ1v) is 9.99. The zero-order valence-corrected chi connectivity index (χ0v) is 18.5. The number of nitrogens with one attached hydrogen (secondary N) is 1. The standard InChI is InChI=1S/C18H20F3N3O3S.HI/c1-2-13(12-28(25,26)14-8-4-3-5-9-14)23-17(22)24-15-10-6-7-11-16(15)27-18(19,20)21;/h3-11,13H,2,12H2,1H3,(H3,22,23,24);1H. The van der Waals surface area contributed by atoms with Crippen molar-refractivity contribution in [1.29, 1.82) is 0 Å². The van der Waals surface area contributed by atoms with Crippen LogP contribution in [-0.2, 0) is 9.84 Å². The van der Waals surface area contributed by atoms with Crippen LogP contribution in [0.2, 0.25) is 0 Å². The summed E-state index contributed by atoms with van der Waals surface area (Å²) in [5, 5.41) is 2.53. The van der Waals surface area contributed by atoms with E-state index < -0.39 is 28.0 Å². The molecule has 2 aromatic rings. The van der Waals surface area contributed by atoms with Crippen molar-refractivity contribution in [3.63, 3.8) is 0 Å². The smallest absolute Gasteiger partial charge is 0.404 e. The number of hydrogen-bond donors (Lipinski definition) is 2. The number of guanidine groups is 1. The Balaban J connectivity index is 0.00000420. The number of nitrogens with zero attached hydrogens (tertiary/aromatic N) is 1. The predicted octanol–water partition coefficient (Wildman–Crippen LogP) is 4.18. The zero-order valence-electron chi connectivity index (χ0n) is 15.4. The van der Waals surface area contributed by atoms with Crippen molar-refractivity contribution in [2.45, 2.75) is 30.6 Å². The Hall–Kier alpha value is -2.02. The summed E-state index contributed by atoms with van der Waals surface area (Å²) in [6.45, 7) is 1.74. The summed E-state index contributed by atoms with van der Waals surface area (Å²) >= 11 is 0. The van der Waals surface area contributed by atoms with Gasteiger partial charge in [0.25, 0.3) is 0 Å². The largest absolute Gasteiger partial charge is 0.573 e. The molecule has 0 aliphatic rings. The number of benzene rings is 2. The molecule has 0 aromatic heterocycles. The summed E-state index contributed by atoms with van der Waals surface area (Å²) in [5.41, 5.74) is 5.74. The number of hydrogen-bond acceptors (Lipinski definition) is 4. The average Bonchev–Trinajstić information content (AvgIpc) is 2.62. The van der Waals surface area contributed by atoms with Crippen molar-refractivity contribution in [2.75, 3.05) is 11.1 Å². The minimum absolute atomic E-state index is 0. The topological polar surface area (TPSA) is 93.8 Å². The van der Waals surface area contributed by atoms with E-state index in [0.29, 0.717) is 6.42 Å². The van der Waals surface area contributed by atoms with Crippen LogP contribution in [0.25, 0.3) is 0 Å². The molecule has 3 N–H and O–H groups in total. The van der Waals surface area contributed by atoms with Gasteiger partial charge in [0.1, 0.15) is 0 Å². The van der Waals surface area contributed by atoms with Crippen LogP contribution in [-0.4, -0.2) is 32.5 Å². The summed E-state index contributed by atoms with van der Waals surface area (Å²) < 4.78 is 66.4. The van der Waals surface area contributed by atoms with Gasteiger partial charge in [-0.1, -0.05) is 37.3 Å². The highest BCUT2D eigenvalue weighted by atomic mass is 127. The average molecular weight is 543 g/mol. The highest BCUT2D eigenvalue weighted by Gasteiger charge is 2.32. The first-order valence-electron chi connectivity index (χ1n) is 8.33. The van der Waals surface area contributed by atoms with Crippen LogP contribution >= 0.6 is 24.0 Å². The van der Waals surface area contributed by atoms with Crippen LogP contribution in [0.15, 0.2) is 64.5 Å². The first kappa shape index (κ1) is 25.0. The maximum absolute atomic E-state index is 12.5. The Morgan fingerprint density at radius 2 is 1.72 bits per heavy atom. The lowest BCUT2D eigenvalue weighted by Gasteiger charge is -2.16. The molecule has 160 valence electrons. The van der Waals surface area contributed by atoms with Gasteiger partial charge in [0.05, 0.1) is 22.4 Å². The maximum Gasteiger partial charge on any atom is 0.573 e. The van der Waals surface area contributed by atoms with E-state index in [2.05, 4.69) is 15.0 Å². The van der Waals surface area contributed by atoms with Gasteiger partial charge in [-0.2, -0.15) is 0 Å². The number of alkyl halides is 3. The predicted molar refractivity (Wildman–Crippen MR) is 116 cm³/mol. The molecular formula is C18H21F3IN3O3S. The monoisotopic (exact) mass is 543 g/mol. The Kier molecular flexibility index (Phi) is 9.20. The van der Waals surface area contributed by atoms with E-state index >= 15 is 0 Å². The maximum atomic E-state index is 12.5. The van der Waals surface area contributed by atoms with Crippen molar-refractivity contribution in [1.82, 2.24) is 0 Å². The van der Waals surface area contributed by atoms with Crippen LogP contribution in [0, 0.1) is 0 Å². The number of nitrogens with two attached hydrogens (primary N) is 1. The van der Waals surface area contributed by atoms with E-state index in [9.17, 15) is 21.6 Å². The molecule has 0 amide bonds. The highest BCUT2D eigenvalue weighted by Crippen LogP contribution is 2.29. The molecule has 2 rings (SSSR count). The van der Waals surface area contributed by atoms with Gasteiger partial charge >= 0.3 is 6.36 Å². The fraction of sp³-hybridized carbons (Fsp3) is 0.278. The van der Waals surface area contributed by atoms with Gasteiger partial charge in [0.15, 0.2) is 21.5 Å². The minimum atomic E-state index is -4.86. The molecule has 0 heterocycles. The van der Waals surface area contributed by atoms with Crippen molar-refractivity contribution < 1.29 is 26.3 Å². The van der Waals surface area contributed by atoms with Gasteiger partial charge in [0, 0.05) is 0 Å². The summed E-state index contributed by atoms with van der Waals surface area (Å²) in [5.74, 6) is -0.970. The molecule has 0 bridgehead atoms. The lowest BCUT2D eigenvalue weighted by molar-refractivity contribution is -0.274.